The molecule has 0 aliphatic carbocycles. The third-order valence-corrected chi connectivity index (χ3v) is 4.18. The molecule has 1 aromatic rings. The van der Waals surface area contributed by atoms with Crippen LogP contribution in [0, 0.1) is 0 Å². The van der Waals surface area contributed by atoms with Gasteiger partial charge in [0.05, 0.1) is 4.34 Å². The van der Waals surface area contributed by atoms with Crippen molar-refractivity contribution in [3.63, 3.8) is 0 Å². The molecule has 2 N–H and O–H groups in total. The van der Waals surface area contributed by atoms with Gasteiger partial charge >= 0.3 is 0 Å². The maximum Gasteiger partial charge on any atom is 0.220 e. The Hall–Kier alpha value is -0.580. The van der Waals surface area contributed by atoms with E-state index in [2.05, 4.69) is 10.6 Å². The predicted molar refractivity (Wildman–Crippen MR) is 71.7 cm³/mol. The van der Waals surface area contributed by atoms with E-state index in [-0.39, 0.29) is 5.91 Å². The van der Waals surface area contributed by atoms with Crippen molar-refractivity contribution in [2.45, 2.75) is 31.7 Å². The summed E-state index contributed by atoms with van der Waals surface area (Å²) < 4.78 is 0.789. The summed E-state index contributed by atoms with van der Waals surface area (Å²) in [5.74, 6) is 0.142. The van der Waals surface area contributed by atoms with E-state index in [1.54, 1.807) is 11.3 Å². The number of aryl methyl sites for hydroxylation is 1. The first kappa shape index (κ1) is 12.9. The Balaban J connectivity index is 1.70. The van der Waals surface area contributed by atoms with Gasteiger partial charge in [0.25, 0.3) is 0 Å². The number of nitrogens with one attached hydrogen (secondary N) is 2. The van der Waals surface area contributed by atoms with E-state index in [0.717, 1.165) is 36.7 Å². The summed E-state index contributed by atoms with van der Waals surface area (Å²) in [6, 6.07) is 4.18. The monoisotopic (exact) mass is 272 g/mol. The van der Waals surface area contributed by atoms with Crippen LogP contribution in [-0.2, 0) is 11.2 Å². The Morgan fingerprint density at radius 3 is 3.12 bits per heavy atom. The molecule has 1 saturated heterocycles. The minimum Gasteiger partial charge on any atom is -0.352 e. The van der Waals surface area contributed by atoms with Crippen molar-refractivity contribution in [1.82, 2.24) is 10.6 Å². The Labute approximate surface area is 111 Å². The Morgan fingerprint density at radius 1 is 1.59 bits per heavy atom. The quantitative estimate of drug-likeness (QED) is 0.882. The molecule has 1 aliphatic heterocycles. The molecule has 94 valence electrons. The largest absolute Gasteiger partial charge is 0.352 e. The molecule has 1 aliphatic rings. The van der Waals surface area contributed by atoms with Gasteiger partial charge in [-0.1, -0.05) is 11.6 Å². The van der Waals surface area contributed by atoms with E-state index < -0.39 is 0 Å². The van der Waals surface area contributed by atoms with E-state index in [1.165, 1.54) is 4.88 Å². The number of piperidine rings is 1. The molecule has 5 heteroatoms. The van der Waals surface area contributed by atoms with E-state index in [0.29, 0.717) is 12.5 Å². The normalized spacial score (nSPS) is 20.2. The topological polar surface area (TPSA) is 41.1 Å². The van der Waals surface area contributed by atoms with Crippen molar-refractivity contribution in [2.24, 2.45) is 0 Å². The fourth-order valence-electron chi connectivity index (χ4n) is 2.00. The van der Waals surface area contributed by atoms with Crippen LogP contribution >= 0.6 is 22.9 Å². The Kier molecular flexibility index (Phi) is 4.83. The number of amides is 1. The number of halogens is 1. The summed E-state index contributed by atoms with van der Waals surface area (Å²) >= 11 is 7.39. The van der Waals surface area contributed by atoms with Crippen LogP contribution in [0.1, 0.15) is 24.1 Å². The van der Waals surface area contributed by atoms with Crippen LogP contribution < -0.4 is 10.6 Å². The summed E-state index contributed by atoms with van der Waals surface area (Å²) in [6.07, 6.45) is 3.56. The molecule has 0 radical (unpaired) electrons. The summed E-state index contributed by atoms with van der Waals surface area (Å²) in [6.45, 7) is 1.97. The van der Waals surface area contributed by atoms with Gasteiger partial charge in [-0.25, -0.2) is 0 Å². The van der Waals surface area contributed by atoms with Gasteiger partial charge in [-0.3, -0.25) is 4.79 Å². The molecular formula is C12H17ClN2OS. The zero-order valence-corrected chi connectivity index (χ0v) is 11.2. The molecule has 2 rings (SSSR count). The van der Waals surface area contributed by atoms with E-state index in [1.807, 2.05) is 12.1 Å². The van der Waals surface area contributed by atoms with Crippen LogP contribution in [0.3, 0.4) is 0 Å². The summed E-state index contributed by atoms with van der Waals surface area (Å²) in [5, 5.41) is 6.35. The summed E-state index contributed by atoms with van der Waals surface area (Å²) in [5.41, 5.74) is 0. The third kappa shape index (κ3) is 4.30. The smallest absolute Gasteiger partial charge is 0.220 e. The molecule has 1 amide bonds. The second-order valence-corrected chi connectivity index (χ2v) is 6.12. The molecule has 0 saturated carbocycles. The molecule has 1 atom stereocenters. The second kappa shape index (κ2) is 6.38. The first-order chi connectivity index (χ1) is 8.24. The van der Waals surface area contributed by atoms with Gasteiger partial charge < -0.3 is 10.6 Å². The van der Waals surface area contributed by atoms with Gasteiger partial charge in [-0.15, -0.1) is 11.3 Å². The van der Waals surface area contributed by atoms with Crippen LogP contribution in [-0.4, -0.2) is 25.0 Å². The Morgan fingerprint density at radius 2 is 2.47 bits per heavy atom. The van der Waals surface area contributed by atoms with E-state index in [4.69, 9.17) is 11.6 Å². The minimum atomic E-state index is 0.142. The molecule has 1 aromatic heterocycles. The molecule has 0 unspecified atom stereocenters. The number of thiophene rings is 1. The zero-order chi connectivity index (χ0) is 12.1. The van der Waals surface area contributed by atoms with Crippen LogP contribution in [0.5, 0.6) is 0 Å². The fourth-order valence-corrected chi connectivity index (χ4v) is 3.08. The highest BCUT2D eigenvalue weighted by Gasteiger charge is 2.15. The highest BCUT2D eigenvalue weighted by atomic mass is 35.5. The average Bonchev–Trinajstić information content (AvgIpc) is 2.74. The maximum atomic E-state index is 11.7. The van der Waals surface area contributed by atoms with Crippen molar-refractivity contribution in [1.29, 1.82) is 0 Å². The first-order valence-electron chi connectivity index (χ1n) is 5.98. The first-order valence-corrected chi connectivity index (χ1v) is 7.18. The molecule has 1 fully saturated rings. The van der Waals surface area contributed by atoms with Gasteiger partial charge in [-0.2, -0.15) is 0 Å². The number of hydrogen-bond acceptors (Lipinski definition) is 3. The van der Waals surface area contributed by atoms with E-state index in [9.17, 15) is 4.79 Å². The Bertz CT molecular complexity index is 374. The number of carbonyl (C=O) groups excluding carboxylic acids is 1. The highest BCUT2D eigenvalue weighted by Crippen LogP contribution is 2.22. The summed E-state index contributed by atoms with van der Waals surface area (Å²) in [4.78, 5) is 12.9. The SMILES string of the molecule is O=C(CCc1ccc(Cl)s1)N[C@H]1CCCNC1. The molecule has 2 heterocycles. The van der Waals surface area contributed by atoms with Gasteiger partial charge in [0.1, 0.15) is 0 Å². The van der Waals surface area contributed by atoms with Crippen molar-refractivity contribution in [2.75, 3.05) is 13.1 Å². The predicted octanol–water partition coefficient (Wildman–Crippen LogP) is 2.20. The average molecular weight is 273 g/mol. The highest BCUT2D eigenvalue weighted by molar-refractivity contribution is 7.16. The molecule has 17 heavy (non-hydrogen) atoms. The zero-order valence-electron chi connectivity index (χ0n) is 9.67. The number of carbonyl (C=O) groups is 1. The molecule has 3 nitrogen and oxygen atoms in total. The molecular weight excluding hydrogens is 256 g/mol. The van der Waals surface area contributed by atoms with Gasteiger partial charge in [0, 0.05) is 23.9 Å². The minimum absolute atomic E-state index is 0.142. The van der Waals surface area contributed by atoms with Gasteiger partial charge in [-0.05, 0) is 37.9 Å². The fraction of sp³-hybridized carbons (Fsp3) is 0.583. The summed E-state index contributed by atoms with van der Waals surface area (Å²) in [7, 11) is 0. The number of rotatable bonds is 4. The maximum absolute atomic E-state index is 11.7. The van der Waals surface area contributed by atoms with Crippen molar-refractivity contribution in [3.8, 4) is 0 Å². The molecule has 0 spiro atoms. The third-order valence-electron chi connectivity index (χ3n) is 2.89. The lowest BCUT2D eigenvalue weighted by Crippen LogP contribution is -2.45. The van der Waals surface area contributed by atoms with Crippen LogP contribution in [0.25, 0.3) is 0 Å². The van der Waals surface area contributed by atoms with E-state index >= 15 is 0 Å². The van der Waals surface area contributed by atoms with Gasteiger partial charge in [0.2, 0.25) is 5.91 Å². The van der Waals surface area contributed by atoms with Crippen molar-refractivity contribution < 1.29 is 4.79 Å². The molecule has 0 aromatic carbocycles. The van der Waals surface area contributed by atoms with Crippen LogP contribution in [0.4, 0.5) is 0 Å². The lowest BCUT2D eigenvalue weighted by atomic mass is 10.1. The van der Waals surface area contributed by atoms with Gasteiger partial charge in [0.15, 0.2) is 0 Å². The van der Waals surface area contributed by atoms with Crippen LogP contribution in [0.15, 0.2) is 12.1 Å². The lowest BCUT2D eigenvalue weighted by molar-refractivity contribution is -0.121. The molecule has 0 bridgehead atoms. The standard InChI is InChI=1S/C12H17ClN2OS/c13-11-5-3-10(17-11)4-6-12(16)15-9-2-1-7-14-8-9/h3,5,9,14H,1-2,4,6-8H2,(H,15,16)/t9-/m0/s1. The van der Waals surface area contributed by atoms with Crippen molar-refractivity contribution >= 4 is 28.8 Å². The van der Waals surface area contributed by atoms with Crippen molar-refractivity contribution in [3.05, 3.63) is 21.3 Å². The number of hydrogen-bond donors (Lipinski definition) is 2. The lowest BCUT2D eigenvalue weighted by Gasteiger charge is -2.23. The second-order valence-electron chi connectivity index (χ2n) is 4.32. The van der Waals surface area contributed by atoms with Crippen LogP contribution in [0.2, 0.25) is 4.34 Å².